The maximum absolute atomic E-state index is 12.4. The van der Waals surface area contributed by atoms with Gasteiger partial charge in [0.2, 0.25) is 0 Å². The van der Waals surface area contributed by atoms with Gasteiger partial charge in [0.15, 0.2) is 5.17 Å². The monoisotopic (exact) mass is 426 g/mol. The van der Waals surface area contributed by atoms with Crippen LogP contribution in [-0.4, -0.2) is 56.2 Å². The van der Waals surface area contributed by atoms with Crippen LogP contribution in [0.15, 0.2) is 58.4 Å². The van der Waals surface area contributed by atoms with E-state index in [1.54, 1.807) is 0 Å². The SMILES string of the molecule is CN(C)c1ccc(/C=C2/SC(N3CCN(c4ccc(Cl)cc4)CC3)=NC2=O)cc1. The van der Waals surface area contributed by atoms with Gasteiger partial charge in [-0.3, -0.25) is 4.79 Å². The largest absolute Gasteiger partial charge is 0.378 e. The van der Waals surface area contributed by atoms with Crippen molar-refractivity contribution in [2.24, 2.45) is 4.99 Å². The van der Waals surface area contributed by atoms with Gasteiger partial charge in [-0.15, -0.1) is 0 Å². The number of aliphatic imine (C=N–C) groups is 1. The molecule has 1 amide bonds. The lowest BCUT2D eigenvalue weighted by atomic mass is 10.2. The number of amidine groups is 1. The van der Waals surface area contributed by atoms with Crippen molar-refractivity contribution in [2.75, 3.05) is 50.1 Å². The number of rotatable bonds is 3. The van der Waals surface area contributed by atoms with Crippen LogP contribution in [0.4, 0.5) is 11.4 Å². The second-order valence-electron chi connectivity index (χ2n) is 7.25. The summed E-state index contributed by atoms with van der Waals surface area (Å²) in [6.45, 7) is 3.46. The third-order valence-corrected chi connectivity index (χ3v) is 6.35. The molecule has 1 fully saturated rings. The zero-order chi connectivity index (χ0) is 20.4. The molecule has 0 atom stereocenters. The van der Waals surface area contributed by atoms with E-state index in [-0.39, 0.29) is 5.91 Å². The van der Waals surface area contributed by atoms with Crippen molar-refractivity contribution in [3.63, 3.8) is 0 Å². The molecule has 2 aliphatic rings. The average Bonchev–Trinajstić information content (AvgIpc) is 3.09. The van der Waals surface area contributed by atoms with Crippen LogP contribution in [0.1, 0.15) is 5.56 Å². The number of thioether (sulfide) groups is 1. The van der Waals surface area contributed by atoms with Crippen molar-refractivity contribution in [1.82, 2.24) is 4.90 Å². The van der Waals surface area contributed by atoms with Crippen molar-refractivity contribution < 1.29 is 4.79 Å². The molecule has 0 bridgehead atoms. The standard InChI is InChI=1S/C22H23ClN4OS/c1-25(2)18-7-3-16(4-8-18)15-20-21(28)24-22(29-20)27-13-11-26(12-14-27)19-9-5-17(23)6-10-19/h3-10,15H,11-14H2,1-2H3/b20-15+. The highest BCUT2D eigenvalue weighted by Crippen LogP contribution is 2.31. The van der Waals surface area contributed by atoms with Crippen molar-refractivity contribution in [3.05, 3.63) is 64.0 Å². The van der Waals surface area contributed by atoms with Crippen LogP contribution in [0, 0.1) is 0 Å². The minimum Gasteiger partial charge on any atom is -0.378 e. The van der Waals surface area contributed by atoms with E-state index >= 15 is 0 Å². The molecule has 2 heterocycles. The fourth-order valence-corrected chi connectivity index (χ4v) is 4.45. The predicted molar refractivity (Wildman–Crippen MR) is 124 cm³/mol. The summed E-state index contributed by atoms with van der Waals surface area (Å²) >= 11 is 7.45. The first-order chi connectivity index (χ1) is 14.0. The molecule has 0 radical (unpaired) electrons. The molecule has 5 nitrogen and oxygen atoms in total. The lowest BCUT2D eigenvalue weighted by Gasteiger charge is -2.36. The quantitative estimate of drug-likeness (QED) is 0.688. The first-order valence-electron chi connectivity index (χ1n) is 9.55. The predicted octanol–water partition coefficient (Wildman–Crippen LogP) is 4.20. The lowest BCUT2D eigenvalue weighted by molar-refractivity contribution is -0.113. The van der Waals surface area contributed by atoms with Crippen LogP contribution in [0.5, 0.6) is 0 Å². The van der Waals surface area contributed by atoms with E-state index in [9.17, 15) is 4.79 Å². The minimum atomic E-state index is -0.151. The Kier molecular flexibility index (Phi) is 5.83. The Morgan fingerprint density at radius 1 is 0.966 bits per heavy atom. The van der Waals surface area contributed by atoms with E-state index in [1.807, 2.05) is 68.7 Å². The number of halogens is 1. The van der Waals surface area contributed by atoms with Gasteiger partial charge >= 0.3 is 0 Å². The van der Waals surface area contributed by atoms with Gasteiger partial charge in [-0.2, -0.15) is 4.99 Å². The summed E-state index contributed by atoms with van der Waals surface area (Å²) in [4.78, 5) is 24.0. The normalized spacial score (nSPS) is 18.4. The highest BCUT2D eigenvalue weighted by Gasteiger charge is 2.28. The first-order valence-corrected chi connectivity index (χ1v) is 10.7. The molecule has 150 valence electrons. The van der Waals surface area contributed by atoms with Gasteiger partial charge in [0.25, 0.3) is 5.91 Å². The second-order valence-corrected chi connectivity index (χ2v) is 8.69. The topological polar surface area (TPSA) is 39.1 Å². The molecule has 0 saturated carbocycles. The van der Waals surface area contributed by atoms with Crippen molar-refractivity contribution >= 4 is 51.9 Å². The molecule has 2 aromatic carbocycles. The number of anilines is 2. The Balaban J connectivity index is 1.38. The lowest BCUT2D eigenvalue weighted by Crippen LogP contribution is -2.47. The number of carbonyl (C=O) groups excluding carboxylic acids is 1. The van der Waals surface area contributed by atoms with Crippen LogP contribution in [0.2, 0.25) is 5.02 Å². The molecule has 0 N–H and O–H groups in total. The van der Waals surface area contributed by atoms with Gasteiger partial charge in [-0.1, -0.05) is 23.7 Å². The van der Waals surface area contributed by atoms with Gasteiger partial charge in [-0.25, -0.2) is 0 Å². The average molecular weight is 427 g/mol. The summed E-state index contributed by atoms with van der Waals surface area (Å²) in [6, 6.07) is 16.1. The molecule has 2 aromatic rings. The Morgan fingerprint density at radius 2 is 1.59 bits per heavy atom. The summed E-state index contributed by atoms with van der Waals surface area (Å²) in [7, 11) is 4.02. The number of hydrogen-bond donors (Lipinski definition) is 0. The molecule has 29 heavy (non-hydrogen) atoms. The molecule has 0 aliphatic carbocycles. The number of amides is 1. The van der Waals surface area contributed by atoms with E-state index in [4.69, 9.17) is 11.6 Å². The highest BCUT2D eigenvalue weighted by atomic mass is 35.5. The van der Waals surface area contributed by atoms with E-state index in [0.717, 1.165) is 47.6 Å². The minimum absolute atomic E-state index is 0.151. The van der Waals surface area contributed by atoms with E-state index in [2.05, 4.69) is 19.7 Å². The summed E-state index contributed by atoms with van der Waals surface area (Å²) in [5.41, 5.74) is 3.32. The van der Waals surface area contributed by atoms with Crippen molar-refractivity contribution in [2.45, 2.75) is 0 Å². The fraction of sp³-hybridized carbons (Fsp3) is 0.273. The zero-order valence-electron chi connectivity index (χ0n) is 16.5. The summed E-state index contributed by atoms with van der Waals surface area (Å²) < 4.78 is 0. The van der Waals surface area contributed by atoms with E-state index in [1.165, 1.54) is 17.4 Å². The number of carbonyl (C=O) groups is 1. The Bertz CT molecular complexity index is 946. The summed E-state index contributed by atoms with van der Waals surface area (Å²) in [6.07, 6.45) is 1.92. The van der Waals surface area contributed by atoms with E-state index in [0.29, 0.717) is 4.91 Å². The Hall–Kier alpha value is -2.44. The fourth-order valence-electron chi connectivity index (χ4n) is 3.36. The second kappa shape index (κ2) is 8.51. The number of piperazine rings is 1. The molecule has 0 aromatic heterocycles. The number of benzene rings is 2. The molecule has 1 saturated heterocycles. The maximum Gasteiger partial charge on any atom is 0.286 e. The summed E-state index contributed by atoms with van der Waals surface area (Å²) in [5.74, 6) is -0.151. The molecule has 7 heteroatoms. The first kappa shape index (κ1) is 19.9. The van der Waals surface area contributed by atoms with Gasteiger partial charge < -0.3 is 14.7 Å². The smallest absolute Gasteiger partial charge is 0.286 e. The van der Waals surface area contributed by atoms with Crippen LogP contribution in [0.25, 0.3) is 6.08 Å². The van der Waals surface area contributed by atoms with Gasteiger partial charge in [0.05, 0.1) is 4.91 Å². The maximum atomic E-state index is 12.4. The molecule has 0 unspecified atom stereocenters. The van der Waals surface area contributed by atoms with Crippen molar-refractivity contribution in [1.29, 1.82) is 0 Å². The molecule has 4 rings (SSSR count). The number of hydrogen-bond acceptors (Lipinski definition) is 5. The molecular formula is C22H23ClN4OS. The van der Waals surface area contributed by atoms with Gasteiger partial charge in [-0.05, 0) is 59.8 Å². The molecule has 2 aliphatic heterocycles. The van der Waals surface area contributed by atoms with Crippen LogP contribution in [0.3, 0.4) is 0 Å². The summed E-state index contributed by atoms with van der Waals surface area (Å²) in [5, 5.41) is 1.56. The molecule has 0 spiro atoms. The van der Waals surface area contributed by atoms with Crippen molar-refractivity contribution in [3.8, 4) is 0 Å². The zero-order valence-corrected chi connectivity index (χ0v) is 18.1. The third kappa shape index (κ3) is 4.60. The Labute approximate surface area is 180 Å². The van der Waals surface area contributed by atoms with Gasteiger partial charge in [0, 0.05) is 56.7 Å². The van der Waals surface area contributed by atoms with E-state index < -0.39 is 0 Å². The third-order valence-electron chi connectivity index (χ3n) is 5.06. The Morgan fingerprint density at radius 3 is 2.21 bits per heavy atom. The number of nitrogens with zero attached hydrogens (tertiary/aromatic N) is 4. The van der Waals surface area contributed by atoms with Gasteiger partial charge in [0.1, 0.15) is 0 Å². The van der Waals surface area contributed by atoms with Crippen LogP contribution in [-0.2, 0) is 4.79 Å². The van der Waals surface area contributed by atoms with Crippen LogP contribution >= 0.6 is 23.4 Å². The van der Waals surface area contributed by atoms with Crippen LogP contribution < -0.4 is 9.80 Å². The highest BCUT2D eigenvalue weighted by molar-refractivity contribution is 8.18. The molecular weight excluding hydrogens is 404 g/mol.